The van der Waals surface area contributed by atoms with Crippen molar-refractivity contribution in [2.24, 2.45) is 0 Å². The molecule has 8 nitrogen and oxygen atoms in total. The Morgan fingerprint density at radius 3 is 2.51 bits per heavy atom. The van der Waals surface area contributed by atoms with E-state index in [-0.39, 0.29) is 29.7 Å². The fourth-order valence-corrected chi connectivity index (χ4v) is 5.55. The number of rotatable bonds is 8. The molecular formula is C26H29N3O5S. The largest absolute Gasteiger partial charge is 0.454 e. The van der Waals surface area contributed by atoms with Crippen LogP contribution in [0.2, 0.25) is 0 Å². The number of carbonyl (C=O) groups excluding carboxylic acids is 2. The van der Waals surface area contributed by atoms with Crippen molar-refractivity contribution in [3.05, 3.63) is 56.2 Å². The molecule has 0 amide bonds. The third-order valence-electron chi connectivity index (χ3n) is 6.12. The number of thiophene rings is 1. The van der Waals surface area contributed by atoms with Gasteiger partial charge < -0.3 is 18.6 Å². The lowest BCUT2D eigenvalue weighted by atomic mass is 10.1. The Kier molecular flexibility index (Phi) is 6.91. The van der Waals surface area contributed by atoms with Crippen LogP contribution in [0.3, 0.4) is 0 Å². The van der Waals surface area contributed by atoms with Gasteiger partial charge in [0, 0.05) is 39.4 Å². The van der Waals surface area contributed by atoms with Gasteiger partial charge in [-0.25, -0.2) is 9.78 Å². The van der Waals surface area contributed by atoms with Gasteiger partial charge >= 0.3 is 5.97 Å². The molecule has 0 bridgehead atoms. The van der Waals surface area contributed by atoms with Gasteiger partial charge in [0.15, 0.2) is 6.61 Å². The Bertz CT molecular complexity index is 1430. The zero-order valence-corrected chi connectivity index (χ0v) is 21.8. The maximum atomic E-state index is 13.2. The Hall–Kier alpha value is -3.30. The molecule has 0 aliphatic rings. The first kappa shape index (κ1) is 24.8. The van der Waals surface area contributed by atoms with Crippen molar-refractivity contribution in [1.82, 2.24) is 14.7 Å². The van der Waals surface area contributed by atoms with Gasteiger partial charge in [0.1, 0.15) is 0 Å². The van der Waals surface area contributed by atoms with Gasteiger partial charge in [0.05, 0.1) is 35.0 Å². The standard InChI is InChI=1S/C26H29N3O5S/c1-13-8-19(17(5)29(13)14(2)11-32-7)23(30)12-33-26(31)21-10-22(20-9-15(3)35-18(20)6)27-25-24(21)16(4)28-34-25/h8-10,14H,11-12H2,1-7H3. The normalized spacial score (nSPS) is 12.3. The molecule has 0 aliphatic heterocycles. The van der Waals surface area contributed by atoms with Gasteiger partial charge in [-0.15, -0.1) is 11.3 Å². The van der Waals surface area contributed by atoms with Crippen LogP contribution in [0.5, 0.6) is 0 Å². The van der Waals surface area contributed by atoms with Gasteiger partial charge in [-0.05, 0) is 59.7 Å². The maximum Gasteiger partial charge on any atom is 0.339 e. The summed E-state index contributed by atoms with van der Waals surface area (Å²) in [5, 5.41) is 4.47. The SMILES string of the molecule is COCC(C)n1c(C)cc(C(=O)COC(=O)c2cc(-c3cc(C)sc3C)nc3onc(C)c23)c1C. The van der Waals surface area contributed by atoms with Crippen molar-refractivity contribution >= 4 is 34.2 Å². The molecule has 0 saturated heterocycles. The fraction of sp³-hybridized carbons (Fsp3) is 0.385. The van der Waals surface area contributed by atoms with E-state index in [1.54, 1.807) is 31.4 Å². The van der Waals surface area contributed by atoms with E-state index >= 15 is 0 Å². The Labute approximate surface area is 207 Å². The van der Waals surface area contributed by atoms with Crippen molar-refractivity contribution in [2.75, 3.05) is 20.3 Å². The molecule has 0 N–H and O–H groups in total. The molecule has 4 rings (SSSR count). The molecule has 4 aromatic heterocycles. The number of fused-ring (bicyclic) bond motifs is 1. The number of pyridine rings is 1. The molecule has 35 heavy (non-hydrogen) atoms. The van der Waals surface area contributed by atoms with E-state index in [1.807, 2.05) is 46.8 Å². The first-order valence-corrected chi connectivity index (χ1v) is 12.2. The summed E-state index contributed by atoms with van der Waals surface area (Å²) in [6.45, 7) is 11.8. The first-order chi connectivity index (χ1) is 16.6. The summed E-state index contributed by atoms with van der Waals surface area (Å²) in [4.78, 5) is 33.0. The number of Topliss-reactive ketones (excluding diaryl/α,β-unsaturated/α-hetero) is 1. The molecule has 4 aromatic rings. The molecule has 4 heterocycles. The predicted molar refractivity (Wildman–Crippen MR) is 134 cm³/mol. The van der Waals surface area contributed by atoms with E-state index < -0.39 is 5.97 Å². The van der Waals surface area contributed by atoms with Crippen LogP contribution in [0.15, 0.2) is 22.7 Å². The van der Waals surface area contributed by atoms with Crippen molar-refractivity contribution in [1.29, 1.82) is 0 Å². The number of ketones is 1. The van der Waals surface area contributed by atoms with Crippen LogP contribution in [0.4, 0.5) is 0 Å². The number of aromatic nitrogens is 3. The van der Waals surface area contributed by atoms with Gasteiger partial charge in [-0.3, -0.25) is 4.79 Å². The van der Waals surface area contributed by atoms with Gasteiger partial charge in [-0.2, -0.15) is 0 Å². The highest BCUT2D eigenvalue weighted by molar-refractivity contribution is 7.12. The van der Waals surface area contributed by atoms with Crippen molar-refractivity contribution < 1.29 is 23.6 Å². The minimum atomic E-state index is -0.621. The minimum absolute atomic E-state index is 0.0772. The molecule has 1 atom stereocenters. The van der Waals surface area contributed by atoms with E-state index in [0.717, 1.165) is 26.7 Å². The average molecular weight is 496 g/mol. The van der Waals surface area contributed by atoms with Crippen LogP contribution in [-0.2, 0) is 9.47 Å². The maximum absolute atomic E-state index is 13.2. The number of hydrogen-bond donors (Lipinski definition) is 0. The molecule has 0 fully saturated rings. The highest BCUT2D eigenvalue weighted by Crippen LogP contribution is 2.33. The summed E-state index contributed by atoms with van der Waals surface area (Å²) < 4.78 is 18.2. The van der Waals surface area contributed by atoms with E-state index in [0.29, 0.717) is 28.9 Å². The highest BCUT2D eigenvalue weighted by Gasteiger charge is 2.24. The Balaban J connectivity index is 1.61. The van der Waals surface area contributed by atoms with Crippen molar-refractivity contribution in [3.8, 4) is 11.3 Å². The van der Waals surface area contributed by atoms with Gasteiger partial charge in [-0.1, -0.05) is 5.16 Å². The zero-order chi connectivity index (χ0) is 25.4. The molecular weight excluding hydrogens is 466 g/mol. The molecule has 0 saturated carbocycles. The minimum Gasteiger partial charge on any atom is -0.454 e. The lowest BCUT2D eigenvalue weighted by Crippen LogP contribution is -2.17. The lowest BCUT2D eigenvalue weighted by Gasteiger charge is -2.17. The van der Waals surface area contributed by atoms with Crippen LogP contribution >= 0.6 is 11.3 Å². The van der Waals surface area contributed by atoms with Crippen LogP contribution in [0.1, 0.15) is 60.5 Å². The average Bonchev–Trinajstić information content (AvgIpc) is 3.45. The summed E-state index contributed by atoms with van der Waals surface area (Å²) in [6.07, 6.45) is 0. The predicted octanol–water partition coefficient (Wildman–Crippen LogP) is 5.54. The molecule has 9 heteroatoms. The van der Waals surface area contributed by atoms with Crippen LogP contribution in [0.25, 0.3) is 22.4 Å². The van der Waals surface area contributed by atoms with Gasteiger partial charge in [0.2, 0.25) is 5.78 Å². The van der Waals surface area contributed by atoms with E-state index in [4.69, 9.17) is 14.0 Å². The van der Waals surface area contributed by atoms with E-state index in [2.05, 4.69) is 14.7 Å². The van der Waals surface area contributed by atoms with E-state index in [9.17, 15) is 9.59 Å². The number of aryl methyl sites for hydroxylation is 4. The Morgan fingerprint density at radius 2 is 1.86 bits per heavy atom. The molecule has 0 radical (unpaired) electrons. The molecule has 0 aromatic carbocycles. The third kappa shape index (κ3) is 4.66. The van der Waals surface area contributed by atoms with Crippen molar-refractivity contribution in [3.63, 3.8) is 0 Å². The molecule has 0 aliphatic carbocycles. The van der Waals surface area contributed by atoms with E-state index in [1.165, 1.54) is 0 Å². The van der Waals surface area contributed by atoms with Crippen molar-refractivity contribution in [2.45, 2.75) is 47.6 Å². The summed E-state index contributed by atoms with van der Waals surface area (Å²) in [7, 11) is 1.65. The monoisotopic (exact) mass is 495 g/mol. The van der Waals surface area contributed by atoms with Crippen LogP contribution in [-0.4, -0.2) is 46.8 Å². The Morgan fingerprint density at radius 1 is 1.11 bits per heavy atom. The molecule has 1 unspecified atom stereocenters. The number of nitrogens with zero attached hydrogens (tertiary/aromatic N) is 3. The lowest BCUT2D eigenvalue weighted by molar-refractivity contribution is 0.0476. The summed E-state index contributed by atoms with van der Waals surface area (Å²) in [6, 6.07) is 5.61. The number of esters is 1. The summed E-state index contributed by atoms with van der Waals surface area (Å²) >= 11 is 1.65. The molecule has 0 spiro atoms. The number of ether oxygens (including phenoxy) is 2. The first-order valence-electron chi connectivity index (χ1n) is 11.3. The summed E-state index contributed by atoms with van der Waals surface area (Å²) in [5.41, 5.74) is 4.89. The summed E-state index contributed by atoms with van der Waals surface area (Å²) in [5.74, 6) is -0.886. The second-order valence-corrected chi connectivity index (χ2v) is 10.2. The van der Waals surface area contributed by atoms with Crippen LogP contribution in [0, 0.1) is 34.6 Å². The second-order valence-electron chi connectivity index (χ2n) is 8.79. The topological polar surface area (TPSA) is 96.5 Å². The second kappa shape index (κ2) is 9.75. The quantitative estimate of drug-likeness (QED) is 0.234. The zero-order valence-electron chi connectivity index (χ0n) is 21.0. The number of hydrogen-bond acceptors (Lipinski definition) is 8. The fourth-order valence-electron chi connectivity index (χ4n) is 4.62. The number of methoxy groups -OCH3 is 1. The third-order valence-corrected chi connectivity index (χ3v) is 7.09. The van der Waals surface area contributed by atoms with Crippen LogP contribution < -0.4 is 0 Å². The highest BCUT2D eigenvalue weighted by atomic mass is 32.1. The molecule has 184 valence electrons. The van der Waals surface area contributed by atoms with Gasteiger partial charge in [0.25, 0.3) is 5.71 Å². The smallest absolute Gasteiger partial charge is 0.339 e. The number of carbonyl (C=O) groups is 2.